The van der Waals surface area contributed by atoms with Gasteiger partial charge in [-0.25, -0.2) is 0 Å². The molecule has 102 valence electrons. The molecule has 1 rings (SSSR count). The first-order valence-corrected chi connectivity index (χ1v) is 7.54. The standard InChI is InChI=1S/C15H32N2/c1-5-6-7-8-9-10-11-17-13-15(3,4)16-12-14(17)2/h14,16H,5-13H2,1-4H3. The van der Waals surface area contributed by atoms with Gasteiger partial charge in [0.05, 0.1) is 0 Å². The molecule has 1 unspecified atom stereocenters. The summed E-state index contributed by atoms with van der Waals surface area (Å²) < 4.78 is 0. The zero-order chi connectivity index (χ0) is 12.7. The average Bonchev–Trinajstić information content (AvgIpc) is 2.28. The van der Waals surface area contributed by atoms with Gasteiger partial charge in [-0.3, -0.25) is 4.90 Å². The monoisotopic (exact) mass is 240 g/mol. The number of hydrogen-bond acceptors (Lipinski definition) is 2. The third-order valence-electron chi connectivity index (χ3n) is 3.90. The van der Waals surface area contributed by atoms with E-state index in [-0.39, 0.29) is 0 Å². The molecule has 0 radical (unpaired) electrons. The van der Waals surface area contributed by atoms with Crippen LogP contribution in [0.5, 0.6) is 0 Å². The smallest absolute Gasteiger partial charge is 0.0252 e. The molecular weight excluding hydrogens is 208 g/mol. The highest BCUT2D eigenvalue weighted by atomic mass is 15.2. The molecule has 0 aromatic heterocycles. The van der Waals surface area contributed by atoms with Gasteiger partial charge in [0.25, 0.3) is 0 Å². The summed E-state index contributed by atoms with van der Waals surface area (Å²) in [6.45, 7) is 12.9. The number of piperazine rings is 1. The van der Waals surface area contributed by atoms with Crippen molar-refractivity contribution in [2.45, 2.75) is 77.8 Å². The molecular formula is C15H32N2. The van der Waals surface area contributed by atoms with Gasteiger partial charge < -0.3 is 5.32 Å². The van der Waals surface area contributed by atoms with Crippen LogP contribution in [0.3, 0.4) is 0 Å². The van der Waals surface area contributed by atoms with Crippen molar-refractivity contribution < 1.29 is 0 Å². The van der Waals surface area contributed by atoms with E-state index >= 15 is 0 Å². The molecule has 1 N–H and O–H groups in total. The lowest BCUT2D eigenvalue weighted by Gasteiger charge is -2.43. The molecule has 2 heteroatoms. The summed E-state index contributed by atoms with van der Waals surface area (Å²) in [4.78, 5) is 2.66. The molecule has 0 saturated carbocycles. The van der Waals surface area contributed by atoms with Crippen LogP contribution in [-0.4, -0.2) is 36.1 Å². The second kappa shape index (κ2) is 7.38. The highest BCUT2D eigenvalue weighted by Gasteiger charge is 2.29. The fourth-order valence-corrected chi connectivity index (χ4v) is 2.67. The number of nitrogens with zero attached hydrogens (tertiary/aromatic N) is 1. The largest absolute Gasteiger partial charge is 0.309 e. The second-order valence-electron chi connectivity index (χ2n) is 6.35. The maximum absolute atomic E-state index is 3.61. The fourth-order valence-electron chi connectivity index (χ4n) is 2.67. The van der Waals surface area contributed by atoms with Crippen LogP contribution in [-0.2, 0) is 0 Å². The van der Waals surface area contributed by atoms with Crippen LogP contribution >= 0.6 is 0 Å². The Morgan fingerprint density at radius 1 is 1.12 bits per heavy atom. The van der Waals surface area contributed by atoms with E-state index in [4.69, 9.17) is 0 Å². The molecule has 0 aromatic carbocycles. The van der Waals surface area contributed by atoms with E-state index in [1.807, 2.05) is 0 Å². The van der Waals surface area contributed by atoms with Crippen molar-refractivity contribution in [1.82, 2.24) is 10.2 Å². The molecule has 2 nitrogen and oxygen atoms in total. The topological polar surface area (TPSA) is 15.3 Å². The molecule has 0 aliphatic carbocycles. The van der Waals surface area contributed by atoms with Crippen molar-refractivity contribution in [2.75, 3.05) is 19.6 Å². The van der Waals surface area contributed by atoms with Gasteiger partial charge in [-0.05, 0) is 33.7 Å². The van der Waals surface area contributed by atoms with Crippen molar-refractivity contribution in [3.63, 3.8) is 0 Å². The van der Waals surface area contributed by atoms with Gasteiger partial charge in [-0.15, -0.1) is 0 Å². The van der Waals surface area contributed by atoms with Gasteiger partial charge in [0.1, 0.15) is 0 Å². The maximum atomic E-state index is 3.61. The highest BCUT2D eigenvalue weighted by molar-refractivity contribution is 4.90. The Labute approximate surface area is 108 Å². The summed E-state index contributed by atoms with van der Waals surface area (Å²) in [6, 6.07) is 0.707. The van der Waals surface area contributed by atoms with Crippen molar-refractivity contribution in [1.29, 1.82) is 0 Å². The van der Waals surface area contributed by atoms with Crippen LogP contribution in [0, 0.1) is 0 Å². The summed E-state index contributed by atoms with van der Waals surface area (Å²) in [5.41, 5.74) is 0.300. The molecule has 0 bridgehead atoms. The molecule has 1 aliphatic heterocycles. The Morgan fingerprint density at radius 3 is 2.47 bits per heavy atom. The molecule has 0 aromatic rings. The first kappa shape index (κ1) is 15.0. The quantitative estimate of drug-likeness (QED) is 0.686. The normalized spacial score (nSPS) is 25.1. The zero-order valence-corrected chi connectivity index (χ0v) is 12.4. The molecule has 1 aliphatic rings. The minimum atomic E-state index is 0.300. The lowest BCUT2D eigenvalue weighted by atomic mass is 9.99. The van der Waals surface area contributed by atoms with Crippen molar-refractivity contribution in [3.05, 3.63) is 0 Å². The molecule has 17 heavy (non-hydrogen) atoms. The highest BCUT2D eigenvalue weighted by Crippen LogP contribution is 2.16. The van der Waals surface area contributed by atoms with E-state index in [0.717, 1.165) is 6.54 Å². The Morgan fingerprint density at radius 2 is 1.76 bits per heavy atom. The van der Waals surface area contributed by atoms with Crippen molar-refractivity contribution in [2.24, 2.45) is 0 Å². The van der Waals surface area contributed by atoms with E-state index < -0.39 is 0 Å². The molecule has 1 fully saturated rings. The van der Waals surface area contributed by atoms with Crippen LogP contribution in [0.2, 0.25) is 0 Å². The third-order valence-corrected chi connectivity index (χ3v) is 3.90. The molecule has 0 spiro atoms. The first-order chi connectivity index (χ1) is 8.05. The zero-order valence-electron chi connectivity index (χ0n) is 12.4. The maximum Gasteiger partial charge on any atom is 0.0252 e. The van der Waals surface area contributed by atoms with Gasteiger partial charge in [0.15, 0.2) is 0 Å². The Hall–Kier alpha value is -0.0800. The molecule has 1 saturated heterocycles. The molecule has 0 amide bonds. The number of nitrogens with one attached hydrogen (secondary N) is 1. The van der Waals surface area contributed by atoms with E-state index in [9.17, 15) is 0 Å². The lowest BCUT2D eigenvalue weighted by molar-refractivity contribution is 0.103. The minimum absolute atomic E-state index is 0.300. The Kier molecular flexibility index (Phi) is 6.50. The summed E-state index contributed by atoms with van der Waals surface area (Å²) in [6.07, 6.45) is 8.41. The second-order valence-corrected chi connectivity index (χ2v) is 6.35. The van der Waals surface area contributed by atoms with E-state index in [1.54, 1.807) is 0 Å². The van der Waals surface area contributed by atoms with Crippen LogP contribution < -0.4 is 5.32 Å². The van der Waals surface area contributed by atoms with Crippen LogP contribution in [0.25, 0.3) is 0 Å². The van der Waals surface area contributed by atoms with Gasteiger partial charge in [-0.1, -0.05) is 39.0 Å². The minimum Gasteiger partial charge on any atom is -0.309 e. The molecule has 1 heterocycles. The Bertz CT molecular complexity index is 201. The van der Waals surface area contributed by atoms with Gasteiger partial charge in [0.2, 0.25) is 0 Å². The summed E-state index contributed by atoms with van der Waals surface area (Å²) in [5.74, 6) is 0. The van der Waals surface area contributed by atoms with Crippen LogP contribution in [0.15, 0.2) is 0 Å². The first-order valence-electron chi connectivity index (χ1n) is 7.54. The van der Waals surface area contributed by atoms with Crippen LogP contribution in [0.4, 0.5) is 0 Å². The molecule has 1 atom stereocenters. The predicted molar refractivity (Wildman–Crippen MR) is 76.5 cm³/mol. The van der Waals surface area contributed by atoms with E-state index in [0.29, 0.717) is 11.6 Å². The third kappa shape index (κ3) is 5.87. The SMILES string of the molecule is CCCCCCCCN1CC(C)(C)NCC1C. The predicted octanol–water partition coefficient (Wildman–Crippen LogP) is 3.42. The van der Waals surface area contributed by atoms with E-state index in [1.165, 1.54) is 51.6 Å². The number of hydrogen-bond donors (Lipinski definition) is 1. The van der Waals surface area contributed by atoms with Crippen molar-refractivity contribution in [3.8, 4) is 0 Å². The Balaban J connectivity index is 2.12. The lowest BCUT2D eigenvalue weighted by Crippen LogP contribution is -2.60. The fraction of sp³-hybridized carbons (Fsp3) is 1.00. The van der Waals surface area contributed by atoms with E-state index in [2.05, 4.69) is 37.9 Å². The average molecular weight is 240 g/mol. The summed E-state index contributed by atoms with van der Waals surface area (Å²) in [7, 11) is 0. The van der Waals surface area contributed by atoms with Crippen molar-refractivity contribution >= 4 is 0 Å². The van der Waals surface area contributed by atoms with Crippen LogP contribution in [0.1, 0.15) is 66.2 Å². The van der Waals surface area contributed by atoms with Gasteiger partial charge >= 0.3 is 0 Å². The van der Waals surface area contributed by atoms with Gasteiger partial charge in [0, 0.05) is 24.7 Å². The van der Waals surface area contributed by atoms with Gasteiger partial charge in [-0.2, -0.15) is 0 Å². The summed E-state index contributed by atoms with van der Waals surface area (Å²) in [5, 5.41) is 3.61. The number of rotatable bonds is 7. The number of unbranched alkanes of at least 4 members (excludes halogenated alkanes) is 5. The summed E-state index contributed by atoms with van der Waals surface area (Å²) >= 11 is 0.